The first kappa shape index (κ1) is 13.1. The smallest absolute Gasteiger partial charge is 0.0492 e. The lowest BCUT2D eigenvalue weighted by atomic mass is 10.1. The zero-order chi connectivity index (χ0) is 13.0. The molecule has 0 aliphatic carbocycles. The Morgan fingerprint density at radius 1 is 1.33 bits per heavy atom. The summed E-state index contributed by atoms with van der Waals surface area (Å²) in [5.41, 5.74) is 2.37. The predicted octanol–water partition coefficient (Wildman–Crippen LogP) is 2.97. The van der Waals surface area contributed by atoms with E-state index >= 15 is 0 Å². The molecule has 2 aromatic rings. The van der Waals surface area contributed by atoms with Gasteiger partial charge in [0.05, 0.1) is 0 Å². The van der Waals surface area contributed by atoms with E-state index in [0.717, 1.165) is 23.6 Å². The van der Waals surface area contributed by atoms with Crippen molar-refractivity contribution in [2.75, 3.05) is 6.54 Å². The second-order valence-electron chi connectivity index (χ2n) is 4.39. The molecule has 1 aromatic heterocycles. The molecule has 0 aliphatic rings. The van der Waals surface area contributed by atoms with Gasteiger partial charge in [0, 0.05) is 43.0 Å². The van der Waals surface area contributed by atoms with Gasteiger partial charge in [0.15, 0.2) is 0 Å². The Bertz CT molecular complexity index is 507. The molecule has 1 aromatic carbocycles. The van der Waals surface area contributed by atoms with Crippen molar-refractivity contribution < 1.29 is 0 Å². The topological polar surface area (TPSA) is 29.9 Å². The monoisotopic (exact) mass is 263 g/mol. The number of aromatic nitrogens is 2. The van der Waals surface area contributed by atoms with Crippen molar-refractivity contribution in [3.63, 3.8) is 0 Å². The van der Waals surface area contributed by atoms with E-state index in [1.807, 2.05) is 42.2 Å². The quantitative estimate of drug-likeness (QED) is 0.899. The third kappa shape index (κ3) is 3.12. The molecule has 3 nitrogen and oxygen atoms in total. The van der Waals surface area contributed by atoms with E-state index in [1.54, 1.807) is 0 Å². The molecular formula is C14H18ClN3. The van der Waals surface area contributed by atoms with Crippen LogP contribution in [0.3, 0.4) is 0 Å². The number of halogens is 1. The van der Waals surface area contributed by atoms with E-state index in [-0.39, 0.29) is 6.04 Å². The highest BCUT2D eigenvalue weighted by Gasteiger charge is 2.08. The van der Waals surface area contributed by atoms with Crippen molar-refractivity contribution in [2.45, 2.75) is 19.4 Å². The standard InChI is InChI=1S/C14H18ClN3/c1-11(13-5-3-4-6-14(13)15)16-9-7-12-8-10-17-18(12)2/h3-6,8,10-11,16H,7,9H2,1-2H3. The Kier molecular flexibility index (Phi) is 4.39. The van der Waals surface area contributed by atoms with Crippen LogP contribution in [-0.2, 0) is 13.5 Å². The summed E-state index contributed by atoms with van der Waals surface area (Å²) in [7, 11) is 1.97. The second kappa shape index (κ2) is 6.03. The lowest BCUT2D eigenvalue weighted by Crippen LogP contribution is -2.22. The first-order chi connectivity index (χ1) is 8.68. The SMILES string of the molecule is CC(NCCc1ccnn1C)c1ccccc1Cl. The van der Waals surface area contributed by atoms with Crippen LogP contribution in [0.15, 0.2) is 36.5 Å². The van der Waals surface area contributed by atoms with Gasteiger partial charge in [-0.25, -0.2) is 0 Å². The summed E-state index contributed by atoms with van der Waals surface area (Å²) in [5, 5.41) is 8.45. The summed E-state index contributed by atoms with van der Waals surface area (Å²) in [4.78, 5) is 0. The molecule has 4 heteroatoms. The third-order valence-corrected chi connectivity index (χ3v) is 3.47. The molecular weight excluding hydrogens is 246 g/mol. The van der Waals surface area contributed by atoms with Gasteiger partial charge in [0.25, 0.3) is 0 Å². The molecule has 0 fully saturated rings. The van der Waals surface area contributed by atoms with E-state index < -0.39 is 0 Å². The minimum absolute atomic E-state index is 0.256. The van der Waals surface area contributed by atoms with E-state index in [4.69, 9.17) is 11.6 Å². The number of hydrogen-bond donors (Lipinski definition) is 1. The Morgan fingerprint density at radius 3 is 2.78 bits per heavy atom. The summed E-state index contributed by atoms with van der Waals surface area (Å²) >= 11 is 6.17. The number of hydrogen-bond acceptors (Lipinski definition) is 2. The van der Waals surface area contributed by atoms with Gasteiger partial charge >= 0.3 is 0 Å². The van der Waals surface area contributed by atoms with Crippen molar-refractivity contribution in [3.8, 4) is 0 Å². The molecule has 1 atom stereocenters. The Balaban J connectivity index is 1.87. The maximum absolute atomic E-state index is 6.17. The van der Waals surface area contributed by atoms with Crippen molar-refractivity contribution in [1.82, 2.24) is 15.1 Å². The van der Waals surface area contributed by atoms with Crippen molar-refractivity contribution in [1.29, 1.82) is 0 Å². The van der Waals surface area contributed by atoms with Crippen LogP contribution in [0.4, 0.5) is 0 Å². The van der Waals surface area contributed by atoms with Gasteiger partial charge in [-0.05, 0) is 24.6 Å². The van der Waals surface area contributed by atoms with Gasteiger partial charge in [-0.3, -0.25) is 4.68 Å². The highest BCUT2D eigenvalue weighted by atomic mass is 35.5. The van der Waals surface area contributed by atoms with Crippen LogP contribution in [0, 0.1) is 0 Å². The summed E-state index contributed by atoms with van der Waals surface area (Å²) in [6.45, 7) is 3.04. The highest BCUT2D eigenvalue weighted by Crippen LogP contribution is 2.21. The highest BCUT2D eigenvalue weighted by molar-refractivity contribution is 6.31. The van der Waals surface area contributed by atoms with E-state index in [9.17, 15) is 0 Å². The fraction of sp³-hybridized carbons (Fsp3) is 0.357. The average molecular weight is 264 g/mol. The minimum Gasteiger partial charge on any atom is -0.310 e. The fourth-order valence-corrected chi connectivity index (χ4v) is 2.30. The molecule has 0 radical (unpaired) electrons. The van der Waals surface area contributed by atoms with Crippen molar-refractivity contribution in [2.24, 2.45) is 7.05 Å². The number of nitrogens with zero attached hydrogens (tertiary/aromatic N) is 2. The molecule has 0 spiro atoms. The zero-order valence-electron chi connectivity index (χ0n) is 10.7. The minimum atomic E-state index is 0.256. The molecule has 1 N–H and O–H groups in total. The van der Waals surface area contributed by atoms with Crippen LogP contribution in [0.1, 0.15) is 24.2 Å². The molecule has 96 valence electrons. The van der Waals surface area contributed by atoms with Crippen LogP contribution >= 0.6 is 11.6 Å². The first-order valence-electron chi connectivity index (χ1n) is 6.13. The molecule has 0 saturated heterocycles. The van der Waals surface area contributed by atoms with Gasteiger partial charge < -0.3 is 5.32 Å². The molecule has 0 amide bonds. The fourth-order valence-electron chi connectivity index (χ4n) is 2.00. The Labute approximate surface area is 113 Å². The van der Waals surface area contributed by atoms with Gasteiger partial charge in [-0.15, -0.1) is 0 Å². The van der Waals surface area contributed by atoms with Gasteiger partial charge in [0.1, 0.15) is 0 Å². The summed E-state index contributed by atoms with van der Waals surface area (Å²) in [5.74, 6) is 0. The Hall–Kier alpha value is -1.32. The number of benzene rings is 1. The lowest BCUT2D eigenvalue weighted by Gasteiger charge is -2.15. The van der Waals surface area contributed by atoms with E-state index in [0.29, 0.717) is 0 Å². The molecule has 1 unspecified atom stereocenters. The summed E-state index contributed by atoms with van der Waals surface area (Å²) < 4.78 is 1.90. The number of aryl methyl sites for hydroxylation is 1. The largest absolute Gasteiger partial charge is 0.310 e. The first-order valence-corrected chi connectivity index (χ1v) is 6.51. The van der Waals surface area contributed by atoms with E-state index in [1.165, 1.54) is 5.69 Å². The van der Waals surface area contributed by atoms with Crippen LogP contribution in [-0.4, -0.2) is 16.3 Å². The van der Waals surface area contributed by atoms with Crippen LogP contribution in [0.25, 0.3) is 0 Å². The maximum atomic E-state index is 6.17. The zero-order valence-corrected chi connectivity index (χ0v) is 11.5. The van der Waals surface area contributed by atoms with Gasteiger partial charge in [-0.1, -0.05) is 29.8 Å². The molecule has 2 rings (SSSR count). The van der Waals surface area contributed by atoms with Gasteiger partial charge in [-0.2, -0.15) is 5.10 Å². The number of nitrogens with one attached hydrogen (secondary N) is 1. The lowest BCUT2D eigenvalue weighted by molar-refractivity contribution is 0.564. The summed E-state index contributed by atoms with van der Waals surface area (Å²) in [6, 6.07) is 10.3. The molecule has 18 heavy (non-hydrogen) atoms. The van der Waals surface area contributed by atoms with Gasteiger partial charge in [0.2, 0.25) is 0 Å². The predicted molar refractivity (Wildman–Crippen MR) is 74.8 cm³/mol. The third-order valence-electron chi connectivity index (χ3n) is 3.13. The van der Waals surface area contributed by atoms with E-state index in [2.05, 4.69) is 23.4 Å². The van der Waals surface area contributed by atoms with Crippen LogP contribution in [0.2, 0.25) is 5.02 Å². The molecule has 0 saturated carbocycles. The van der Waals surface area contributed by atoms with Crippen molar-refractivity contribution >= 4 is 11.6 Å². The molecule has 1 heterocycles. The number of rotatable bonds is 5. The second-order valence-corrected chi connectivity index (χ2v) is 4.80. The van der Waals surface area contributed by atoms with Crippen molar-refractivity contribution in [3.05, 3.63) is 52.8 Å². The molecule has 0 aliphatic heterocycles. The normalized spacial score (nSPS) is 12.6. The Morgan fingerprint density at radius 2 is 2.11 bits per heavy atom. The van der Waals surface area contributed by atoms with Crippen LogP contribution < -0.4 is 5.32 Å². The maximum Gasteiger partial charge on any atom is 0.0492 e. The summed E-state index contributed by atoms with van der Waals surface area (Å²) in [6.07, 6.45) is 2.79. The molecule has 0 bridgehead atoms. The van der Waals surface area contributed by atoms with Crippen LogP contribution in [0.5, 0.6) is 0 Å². The average Bonchev–Trinajstić information content (AvgIpc) is 2.75.